The van der Waals surface area contributed by atoms with Crippen molar-refractivity contribution in [3.63, 3.8) is 0 Å². The summed E-state index contributed by atoms with van der Waals surface area (Å²) >= 11 is 5.42. The molecule has 0 spiro atoms. The Hall–Kier alpha value is -1.47. The predicted octanol–water partition coefficient (Wildman–Crippen LogP) is 4.77. The summed E-state index contributed by atoms with van der Waals surface area (Å²) in [5, 5.41) is 21.1. The van der Waals surface area contributed by atoms with Crippen LogP contribution in [0, 0.1) is 0 Å². The van der Waals surface area contributed by atoms with Crippen molar-refractivity contribution < 1.29 is 19.8 Å². The second kappa shape index (κ2) is 5.81. The molecule has 3 heterocycles. The fraction of sp³-hybridized carbons (Fsp3) is 0.412. The fourth-order valence-electron chi connectivity index (χ4n) is 4.10. The minimum absolute atomic E-state index is 0.0150. The highest BCUT2D eigenvalue weighted by molar-refractivity contribution is 9.10. The molecule has 2 atom stereocenters. The van der Waals surface area contributed by atoms with E-state index in [1.54, 1.807) is 6.20 Å². The number of nitrogens with zero attached hydrogens (tertiary/aromatic N) is 1. The molecule has 0 aliphatic carbocycles. The van der Waals surface area contributed by atoms with E-state index in [0.717, 1.165) is 28.4 Å². The largest absolute Gasteiger partial charge is 0.478 e. The van der Waals surface area contributed by atoms with Gasteiger partial charge in [0, 0.05) is 26.6 Å². The van der Waals surface area contributed by atoms with Crippen LogP contribution in [0.1, 0.15) is 47.5 Å². The molecule has 7 heteroatoms. The second-order valence-electron chi connectivity index (χ2n) is 6.52. The van der Waals surface area contributed by atoms with Crippen LogP contribution in [0.15, 0.2) is 22.8 Å². The number of hydrogen-bond donors (Lipinski definition) is 2. The first-order valence-electron chi connectivity index (χ1n) is 7.90. The number of carbonyl (C=O) groups is 2. The van der Waals surface area contributed by atoms with Gasteiger partial charge < -0.3 is 10.2 Å². The Kier molecular flexibility index (Phi) is 3.88. The molecule has 2 fully saturated rings. The van der Waals surface area contributed by atoms with Crippen molar-refractivity contribution in [3.05, 3.63) is 33.9 Å². The molecule has 1 aromatic carbocycles. The number of aromatic carboxylic acids is 1. The lowest BCUT2D eigenvalue weighted by molar-refractivity contribution is 0.0698. The van der Waals surface area contributed by atoms with Crippen molar-refractivity contribution in [2.24, 2.45) is 0 Å². The van der Waals surface area contributed by atoms with Gasteiger partial charge in [0.05, 0.1) is 11.1 Å². The first kappa shape index (κ1) is 16.0. The molecular weight excluding hydrogens is 394 g/mol. The number of carboxylic acids is 1. The van der Waals surface area contributed by atoms with Gasteiger partial charge in [0.25, 0.3) is 0 Å². The van der Waals surface area contributed by atoms with Crippen molar-refractivity contribution >= 4 is 50.7 Å². The van der Waals surface area contributed by atoms with E-state index in [1.807, 2.05) is 6.07 Å². The van der Waals surface area contributed by atoms with E-state index in [9.17, 15) is 19.8 Å². The molecule has 1 aromatic heterocycles. The zero-order valence-electron chi connectivity index (χ0n) is 12.7. The molecule has 0 saturated carbocycles. The van der Waals surface area contributed by atoms with Gasteiger partial charge in [-0.05, 0) is 49.3 Å². The molecular formula is C17H16BrNO4S. The van der Waals surface area contributed by atoms with E-state index in [2.05, 4.69) is 27.7 Å². The summed E-state index contributed by atoms with van der Waals surface area (Å²) in [5.41, 5.74) is 1.26. The Bertz CT molecular complexity index is 850. The number of hydrogen-bond acceptors (Lipinski definition) is 3. The zero-order valence-corrected chi connectivity index (χ0v) is 15.1. The Labute approximate surface area is 151 Å². The molecule has 2 saturated heterocycles. The van der Waals surface area contributed by atoms with Crippen molar-refractivity contribution in [2.75, 3.05) is 0 Å². The van der Waals surface area contributed by atoms with Crippen LogP contribution >= 0.6 is 27.7 Å². The fourth-order valence-corrected chi connectivity index (χ4v) is 6.34. The molecule has 2 N–H and O–H groups in total. The molecule has 4 rings (SSSR count). The van der Waals surface area contributed by atoms with Crippen LogP contribution in [-0.4, -0.2) is 37.3 Å². The Morgan fingerprint density at radius 2 is 1.83 bits per heavy atom. The van der Waals surface area contributed by atoms with Gasteiger partial charge in [-0.25, -0.2) is 9.59 Å². The van der Waals surface area contributed by atoms with Crippen molar-refractivity contribution in [3.8, 4) is 0 Å². The van der Waals surface area contributed by atoms with Crippen LogP contribution < -0.4 is 0 Å². The molecule has 5 nitrogen and oxygen atoms in total. The van der Waals surface area contributed by atoms with Gasteiger partial charge in [-0.3, -0.25) is 4.57 Å². The number of carboxylic acid groups (broad SMARTS) is 2. The van der Waals surface area contributed by atoms with Gasteiger partial charge in [-0.15, -0.1) is 0 Å². The minimum Gasteiger partial charge on any atom is -0.478 e. The van der Waals surface area contributed by atoms with Crippen molar-refractivity contribution in [1.29, 1.82) is 0 Å². The Morgan fingerprint density at radius 1 is 1.17 bits per heavy atom. The molecule has 0 amide bonds. The van der Waals surface area contributed by atoms with Crippen LogP contribution in [-0.2, 0) is 0 Å². The molecule has 0 radical (unpaired) electrons. The Balaban J connectivity index is 1.93. The SMILES string of the molecule is O=C(O)c1cc(Br)cc2c(C3CC4CCC(C3)S4)cn(C(=O)O)c12. The maximum Gasteiger partial charge on any atom is 0.416 e. The maximum absolute atomic E-state index is 11.7. The zero-order chi connectivity index (χ0) is 17.0. The first-order valence-corrected chi connectivity index (χ1v) is 9.64. The van der Waals surface area contributed by atoms with Crippen LogP contribution in [0.4, 0.5) is 4.79 Å². The average Bonchev–Trinajstić information content (AvgIpc) is 3.06. The molecule has 2 unspecified atom stereocenters. The summed E-state index contributed by atoms with van der Waals surface area (Å²) in [6, 6.07) is 3.31. The third-order valence-corrected chi connectivity index (χ3v) is 7.15. The topological polar surface area (TPSA) is 79.5 Å². The number of benzene rings is 1. The highest BCUT2D eigenvalue weighted by atomic mass is 79.9. The number of rotatable bonds is 2. The van der Waals surface area contributed by atoms with E-state index >= 15 is 0 Å². The lowest BCUT2D eigenvalue weighted by Gasteiger charge is -2.27. The summed E-state index contributed by atoms with van der Waals surface area (Å²) in [4.78, 5) is 23.3. The van der Waals surface area contributed by atoms with Gasteiger partial charge in [-0.1, -0.05) is 15.9 Å². The van der Waals surface area contributed by atoms with E-state index in [0.29, 0.717) is 20.9 Å². The lowest BCUT2D eigenvalue weighted by Crippen LogP contribution is -2.15. The highest BCUT2D eigenvalue weighted by Gasteiger charge is 2.37. The first-order chi connectivity index (χ1) is 11.4. The van der Waals surface area contributed by atoms with E-state index in [4.69, 9.17) is 0 Å². The summed E-state index contributed by atoms with van der Waals surface area (Å²) < 4.78 is 1.73. The molecule has 2 bridgehead atoms. The smallest absolute Gasteiger partial charge is 0.416 e. The van der Waals surface area contributed by atoms with Gasteiger partial charge >= 0.3 is 12.1 Å². The lowest BCUT2D eigenvalue weighted by atomic mass is 9.90. The van der Waals surface area contributed by atoms with Gasteiger partial charge in [-0.2, -0.15) is 11.8 Å². The number of halogens is 1. The number of thioether (sulfide) groups is 1. The molecule has 2 aliphatic heterocycles. The number of aromatic nitrogens is 1. The van der Waals surface area contributed by atoms with Crippen LogP contribution in [0.25, 0.3) is 10.9 Å². The molecule has 2 aromatic rings. The van der Waals surface area contributed by atoms with E-state index in [-0.39, 0.29) is 11.1 Å². The molecule has 2 aliphatic rings. The summed E-state index contributed by atoms with van der Waals surface area (Å²) in [7, 11) is 0. The Morgan fingerprint density at radius 3 is 2.42 bits per heavy atom. The normalized spacial score (nSPS) is 26.0. The quantitative estimate of drug-likeness (QED) is 0.746. The highest BCUT2D eigenvalue weighted by Crippen LogP contribution is 2.50. The second-order valence-corrected chi connectivity index (χ2v) is 9.04. The molecule has 24 heavy (non-hydrogen) atoms. The maximum atomic E-state index is 11.7. The van der Waals surface area contributed by atoms with Crippen molar-refractivity contribution in [1.82, 2.24) is 4.57 Å². The third-order valence-electron chi connectivity index (χ3n) is 5.06. The van der Waals surface area contributed by atoms with Gasteiger partial charge in [0.2, 0.25) is 0 Å². The van der Waals surface area contributed by atoms with Crippen LogP contribution in [0.5, 0.6) is 0 Å². The monoisotopic (exact) mass is 409 g/mol. The van der Waals surface area contributed by atoms with Crippen molar-refractivity contribution in [2.45, 2.75) is 42.1 Å². The van der Waals surface area contributed by atoms with Gasteiger partial charge in [0.15, 0.2) is 0 Å². The molecule has 126 valence electrons. The van der Waals surface area contributed by atoms with Gasteiger partial charge in [0.1, 0.15) is 0 Å². The van der Waals surface area contributed by atoms with E-state index < -0.39 is 12.1 Å². The minimum atomic E-state index is -1.15. The summed E-state index contributed by atoms with van der Waals surface area (Å²) in [6.45, 7) is 0. The number of fused-ring (bicyclic) bond motifs is 3. The van der Waals surface area contributed by atoms with Crippen LogP contribution in [0.2, 0.25) is 0 Å². The van der Waals surface area contributed by atoms with E-state index in [1.165, 1.54) is 18.9 Å². The summed E-state index contributed by atoms with van der Waals surface area (Å²) in [6.07, 6.45) is 5.01. The average molecular weight is 410 g/mol. The van der Waals surface area contributed by atoms with Crippen LogP contribution in [0.3, 0.4) is 0 Å². The third kappa shape index (κ3) is 2.54. The standard InChI is InChI=1S/C17H16BrNO4S/c18-9-5-12-14(8-3-10-1-2-11(4-8)24-10)7-19(17(22)23)15(12)13(6-9)16(20)21/h5-8,10-11H,1-4H2,(H,20,21)(H,22,23). The predicted molar refractivity (Wildman–Crippen MR) is 96.4 cm³/mol. The summed E-state index contributed by atoms with van der Waals surface area (Å²) in [5.74, 6) is -0.824.